The van der Waals surface area contributed by atoms with E-state index in [1.165, 1.54) is 56.9 Å². The number of phenols is 1. The first kappa shape index (κ1) is 23.3. The maximum absolute atomic E-state index is 9.38. The predicted octanol–water partition coefficient (Wildman–Crippen LogP) is 7.48. The summed E-state index contributed by atoms with van der Waals surface area (Å²) in [4.78, 5) is 1.85. The molecule has 4 rings (SSSR count). The van der Waals surface area contributed by atoms with Crippen molar-refractivity contribution in [2.45, 2.75) is 90.5 Å². The van der Waals surface area contributed by atoms with Gasteiger partial charge in [-0.3, -0.25) is 0 Å². The third-order valence-corrected chi connectivity index (χ3v) is 6.35. The fourth-order valence-electron chi connectivity index (χ4n) is 4.54. The van der Waals surface area contributed by atoms with E-state index >= 15 is 0 Å². The van der Waals surface area contributed by atoms with Crippen molar-refractivity contribution in [2.24, 2.45) is 5.92 Å². The Morgan fingerprint density at radius 2 is 1.55 bits per heavy atom. The molecule has 1 heterocycles. The molecule has 1 atom stereocenters. The Labute approximate surface area is 187 Å². The SMILES string of the molecule is CCCC(Cc1ccc(O)cc1)n1nc2ccccc2n1.CCCCC1CCCCC1. The molecule has 1 N–H and O–H groups in total. The van der Waals surface area contributed by atoms with Crippen LogP contribution in [-0.2, 0) is 6.42 Å². The lowest BCUT2D eigenvalue weighted by molar-refractivity contribution is 0.331. The smallest absolute Gasteiger partial charge is 0.115 e. The minimum absolute atomic E-state index is 0.243. The van der Waals surface area contributed by atoms with Gasteiger partial charge in [0, 0.05) is 0 Å². The summed E-state index contributed by atoms with van der Waals surface area (Å²) in [6.07, 6.45) is 14.9. The molecule has 1 aliphatic rings. The number of aromatic nitrogens is 3. The number of unbranched alkanes of at least 4 members (excludes halogenated alkanes) is 1. The van der Waals surface area contributed by atoms with Crippen LogP contribution in [0.5, 0.6) is 5.75 Å². The van der Waals surface area contributed by atoms with Gasteiger partial charge in [-0.25, -0.2) is 0 Å². The molecular formula is C27H39N3O. The van der Waals surface area contributed by atoms with Gasteiger partial charge < -0.3 is 5.11 Å². The van der Waals surface area contributed by atoms with Crippen LogP contribution < -0.4 is 0 Å². The lowest BCUT2D eigenvalue weighted by Crippen LogP contribution is -2.15. The summed E-state index contributed by atoms with van der Waals surface area (Å²) >= 11 is 0. The summed E-state index contributed by atoms with van der Waals surface area (Å²) in [5.74, 6) is 1.41. The number of aromatic hydroxyl groups is 1. The molecule has 0 aliphatic heterocycles. The minimum atomic E-state index is 0.243. The molecule has 0 saturated heterocycles. The van der Waals surface area contributed by atoms with Crippen molar-refractivity contribution in [3.63, 3.8) is 0 Å². The van der Waals surface area contributed by atoms with Gasteiger partial charge in [-0.05, 0) is 48.6 Å². The molecule has 4 heteroatoms. The molecular weight excluding hydrogens is 382 g/mol. The van der Waals surface area contributed by atoms with Gasteiger partial charge in [0.15, 0.2) is 0 Å². The number of phenolic OH excluding ortho intramolecular Hbond substituents is 1. The van der Waals surface area contributed by atoms with Gasteiger partial charge in [0.2, 0.25) is 0 Å². The number of hydrogen-bond donors (Lipinski definition) is 1. The van der Waals surface area contributed by atoms with Gasteiger partial charge in [0.05, 0.1) is 6.04 Å². The molecule has 0 spiro atoms. The fraction of sp³-hybridized carbons (Fsp3) is 0.556. The maximum Gasteiger partial charge on any atom is 0.115 e. The van der Waals surface area contributed by atoms with Crippen molar-refractivity contribution < 1.29 is 5.11 Å². The number of nitrogens with zero attached hydrogens (tertiary/aromatic N) is 3. The molecule has 1 saturated carbocycles. The average Bonchev–Trinajstić information content (AvgIpc) is 3.24. The van der Waals surface area contributed by atoms with Gasteiger partial charge in [0.1, 0.15) is 16.8 Å². The highest BCUT2D eigenvalue weighted by Crippen LogP contribution is 2.27. The molecule has 1 fully saturated rings. The maximum atomic E-state index is 9.38. The van der Waals surface area contributed by atoms with E-state index in [4.69, 9.17) is 0 Å². The number of fused-ring (bicyclic) bond motifs is 1. The van der Waals surface area contributed by atoms with Crippen molar-refractivity contribution >= 4 is 11.0 Å². The third-order valence-electron chi connectivity index (χ3n) is 6.35. The van der Waals surface area contributed by atoms with E-state index in [0.29, 0.717) is 5.75 Å². The molecule has 1 aromatic heterocycles. The molecule has 1 aliphatic carbocycles. The highest BCUT2D eigenvalue weighted by atomic mass is 16.3. The van der Waals surface area contributed by atoms with Crippen LogP contribution in [-0.4, -0.2) is 20.1 Å². The van der Waals surface area contributed by atoms with Gasteiger partial charge in [-0.1, -0.05) is 95.9 Å². The molecule has 0 radical (unpaired) electrons. The van der Waals surface area contributed by atoms with Crippen molar-refractivity contribution in [2.75, 3.05) is 0 Å². The first-order chi connectivity index (χ1) is 15.2. The first-order valence-corrected chi connectivity index (χ1v) is 12.3. The Morgan fingerprint density at radius 3 is 2.13 bits per heavy atom. The first-order valence-electron chi connectivity index (χ1n) is 12.3. The second kappa shape index (κ2) is 12.5. The molecule has 1 unspecified atom stereocenters. The quantitative estimate of drug-likeness (QED) is 0.410. The van der Waals surface area contributed by atoms with Gasteiger partial charge in [-0.15, -0.1) is 0 Å². The van der Waals surface area contributed by atoms with Crippen LogP contribution in [0.25, 0.3) is 11.0 Å². The van der Waals surface area contributed by atoms with Crippen LogP contribution in [0.3, 0.4) is 0 Å². The zero-order chi connectivity index (χ0) is 21.9. The largest absolute Gasteiger partial charge is 0.508 e. The monoisotopic (exact) mass is 421 g/mol. The summed E-state index contributed by atoms with van der Waals surface area (Å²) in [5.41, 5.74) is 3.06. The minimum Gasteiger partial charge on any atom is -0.508 e. The Balaban J connectivity index is 0.000000229. The van der Waals surface area contributed by atoms with Crippen LogP contribution in [0.4, 0.5) is 0 Å². The molecule has 0 amide bonds. The van der Waals surface area contributed by atoms with Crippen LogP contribution in [0.15, 0.2) is 48.5 Å². The average molecular weight is 422 g/mol. The van der Waals surface area contributed by atoms with E-state index < -0.39 is 0 Å². The van der Waals surface area contributed by atoms with Gasteiger partial charge >= 0.3 is 0 Å². The molecule has 2 aromatic carbocycles. The highest BCUT2D eigenvalue weighted by Gasteiger charge is 2.15. The highest BCUT2D eigenvalue weighted by molar-refractivity contribution is 5.72. The second-order valence-corrected chi connectivity index (χ2v) is 8.97. The normalized spacial score (nSPS) is 15.4. The lowest BCUT2D eigenvalue weighted by Gasteiger charge is -2.20. The molecule has 168 valence electrons. The Hall–Kier alpha value is -2.36. The lowest BCUT2D eigenvalue weighted by atomic mass is 9.86. The van der Waals surface area contributed by atoms with E-state index in [9.17, 15) is 5.11 Å². The van der Waals surface area contributed by atoms with Crippen molar-refractivity contribution in [1.29, 1.82) is 0 Å². The zero-order valence-electron chi connectivity index (χ0n) is 19.3. The summed E-state index contributed by atoms with van der Waals surface area (Å²) < 4.78 is 0. The fourth-order valence-corrected chi connectivity index (χ4v) is 4.54. The van der Waals surface area contributed by atoms with E-state index in [0.717, 1.165) is 36.2 Å². The van der Waals surface area contributed by atoms with E-state index in [1.807, 2.05) is 41.2 Å². The topological polar surface area (TPSA) is 50.9 Å². The molecule has 31 heavy (non-hydrogen) atoms. The van der Waals surface area contributed by atoms with Crippen LogP contribution in [0.1, 0.15) is 89.7 Å². The summed E-state index contributed by atoms with van der Waals surface area (Å²) in [6.45, 7) is 4.47. The van der Waals surface area contributed by atoms with Crippen LogP contribution >= 0.6 is 0 Å². The Morgan fingerprint density at radius 1 is 0.903 bits per heavy atom. The van der Waals surface area contributed by atoms with Crippen molar-refractivity contribution in [1.82, 2.24) is 15.0 Å². The Kier molecular flexibility index (Phi) is 9.39. The number of hydrogen-bond acceptors (Lipinski definition) is 3. The molecule has 4 nitrogen and oxygen atoms in total. The third kappa shape index (κ3) is 7.37. The summed E-state index contributed by atoms with van der Waals surface area (Å²) in [6, 6.07) is 15.6. The van der Waals surface area contributed by atoms with Crippen LogP contribution in [0, 0.1) is 5.92 Å². The predicted molar refractivity (Wildman–Crippen MR) is 129 cm³/mol. The van der Waals surface area contributed by atoms with Gasteiger partial charge in [-0.2, -0.15) is 15.0 Å². The standard InChI is InChI=1S/C17H19N3O.C10H20/c1-2-5-14(12-13-8-10-15(21)11-9-13)20-18-16-6-3-4-7-17(16)19-20;1-2-3-7-10-8-5-4-6-9-10/h3-4,6-11,14,21H,2,5,12H2,1H3;10H,2-9H2,1H3. The van der Waals surface area contributed by atoms with E-state index in [-0.39, 0.29) is 6.04 Å². The summed E-state index contributed by atoms with van der Waals surface area (Å²) in [5, 5.41) is 18.6. The summed E-state index contributed by atoms with van der Waals surface area (Å²) in [7, 11) is 0. The number of rotatable bonds is 8. The van der Waals surface area contributed by atoms with E-state index in [2.05, 4.69) is 24.0 Å². The van der Waals surface area contributed by atoms with E-state index in [1.54, 1.807) is 12.1 Å². The second-order valence-electron chi connectivity index (χ2n) is 8.97. The Bertz CT molecular complexity index is 848. The van der Waals surface area contributed by atoms with Crippen LogP contribution in [0.2, 0.25) is 0 Å². The van der Waals surface area contributed by atoms with Crippen molar-refractivity contribution in [3.05, 3.63) is 54.1 Å². The van der Waals surface area contributed by atoms with Crippen molar-refractivity contribution in [3.8, 4) is 5.75 Å². The number of benzene rings is 2. The van der Waals surface area contributed by atoms with Gasteiger partial charge in [0.25, 0.3) is 0 Å². The molecule has 0 bridgehead atoms. The molecule has 3 aromatic rings. The zero-order valence-corrected chi connectivity index (χ0v) is 19.3.